The van der Waals surface area contributed by atoms with E-state index < -0.39 is 5.79 Å². The summed E-state index contributed by atoms with van der Waals surface area (Å²) in [4.78, 5) is 10.3. The summed E-state index contributed by atoms with van der Waals surface area (Å²) in [7, 11) is 0. The predicted molar refractivity (Wildman–Crippen MR) is 39.6 cm³/mol. The van der Waals surface area contributed by atoms with Crippen LogP contribution in [0.25, 0.3) is 0 Å². The van der Waals surface area contributed by atoms with Crippen molar-refractivity contribution in [3.05, 3.63) is 0 Å². The monoisotopic (exact) mass is 172 g/mol. The Labute approximate surface area is 70.8 Å². The molecule has 0 aromatic heterocycles. The van der Waals surface area contributed by atoms with Gasteiger partial charge in [0.25, 0.3) is 0 Å². The van der Waals surface area contributed by atoms with E-state index in [2.05, 4.69) is 0 Å². The van der Waals surface area contributed by atoms with Crippen LogP contribution in [0.3, 0.4) is 0 Å². The van der Waals surface area contributed by atoms with Gasteiger partial charge in [0.2, 0.25) is 0 Å². The van der Waals surface area contributed by atoms with Crippen LogP contribution in [-0.2, 0) is 19.0 Å². The average molecular weight is 172 g/mol. The smallest absolute Gasteiger partial charge is 0.163 e. The van der Waals surface area contributed by atoms with Gasteiger partial charge in [0.15, 0.2) is 12.1 Å². The first-order chi connectivity index (χ1) is 5.62. The van der Waals surface area contributed by atoms with Gasteiger partial charge in [-0.3, -0.25) is 0 Å². The van der Waals surface area contributed by atoms with Gasteiger partial charge in [-0.1, -0.05) is 0 Å². The highest BCUT2D eigenvalue weighted by molar-refractivity contribution is 5.60. The van der Waals surface area contributed by atoms with Crippen molar-refractivity contribution in [3.8, 4) is 0 Å². The lowest BCUT2D eigenvalue weighted by Crippen LogP contribution is -2.25. The van der Waals surface area contributed by atoms with Crippen molar-refractivity contribution in [1.82, 2.24) is 0 Å². The van der Waals surface area contributed by atoms with E-state index in [4.69, 9.17) is 14.2 Å². The van der Waals surface area contributed by atoms with Crippen LogP contribution in [0.5, 0.6) is 0 Å². The molecule has 2 saturated heterocycles. The van der Waals surface area contributed by atoms with Crippen LogP contribution in [0.1, 0.15) is 13.8 Å². The molecule has 0 aromatic carbocycles. The highest BCUT2D eigenvalue weighted by Crippen LogP contribution is 2.33. The number of hydrogen-bond acceptors (Lipinski definition) is 4. The van der Waals surface area contributed by atoms with Gasteiger partial charge in [0, 0.05) is 0 Å². The zero-order chi connectivity index (χ0) is 8.77. The first kappa shape index (κ1) is 8.16. The molecule has 0 radical (unpaired) electrons. The summed E-state index contributed by atoms with van der Waals surface area (Å²) in [6.45, 7) is 4.22. The van der Waals surface area contributed by atoms with Gasteiger partial charge < -0.3 is 19.0 Å². The first-order valence-electron chi connectivity index (χ1n) is 4.05. The summed E-state index contributed by atoms with van der Waals surface area (Å²) >= 11 is 0. The van der Waals surface area contributed by atoms with Crippen LogP contribution in [0.15, 0.2) is 0 Å². The summed E-state index contributed by atoms with van der Waals surface area (Å²) in [6.07, 6.45) is 0.381. The average Bonchev–Trinajstić information content (AvgIpc) is 2.70. The van der Waals surface area contributed by atoms with Crippen molar-refractivity contribution >= 4 is 6.29 Å². The van der Waals surface area contributed by atoms with Crippen LogP contribution in [0.2, 0.25) is 0 Å². The zero-order valence-corrected chi connectivity index (χ0v) is 7.15. The highest BCUT2D eigenvalue weighted by Gasteiger charge is 2.50. The third-order valence-corrected chi connectivity index (χ3v) is 2.09. The van der Waals surface area contributed by atoms with Crippen molar-refractivity contribution < 1.29 is 19.0 Å². The van der Waals surface area contributed by atoms with E-state index in [1.807, 2.05) is 13.8 Å². The van der Waals surface area contributed by atoms with E-state index in [1.165, 1.54) is 0 Å². The Morgan fingerprint density at radius 3 is 2.67 bits per heavy atom. The molecule has 0 aliphatic carbocycles. The molecule has 2 heterocycles. The molecule has 68 valence electrons. The molecule has 0 unspecified atom stereocenters. The lowest BCUT2D eigenvalue weighted by atomic mass is 10.2. The fraction of sp³-hybridized carbons (Fsp3) is 0.875. The van der Waals surface area contributed by atoms with Gasteiger partial charge in [-0.15, -0.1) is 0 Å². The third-order valence-electron chi connectivity index (χ3n) is 2.09. The van der Waals surface area contributed by atoms with Crippen molar-refractivity contribution in [1.29, 1.82) is 0 Å². The summed E-state index contributed by atoms with van der Waals surface area (Å²) in [6, 6.07) is 0. The summed E-state index contributed by atoms with van der Waals surface area (Å²) in [5.74, 6) is -0.524. The highest BCUT2D eigenvalue weighted by atomic mass is 16.8. The predicted octanol–water partition coefficient (Wildman–Crippen LogP) is 0.104. The zero-order valence-electron chi connectivity index (χ0n) is 7.15. The molecule has 0 saturated carbocycles. The Bertz CT molecular complexity index is 201. The molecule has 0 bridgehead atoms. The molecule has 0 N–H and O–H groups in total. The summed E-state index contributed by atoms with van der Waals surface area (Å²) < 4.78 is 15.9. The van der Waals surface area contributed by atoms with Gasteiger partial charge >= 0.3 is 0 Å². The van der Waals surface area contributed by atoms with Crippen molar-refractivity contribution in [2.24, 2.45) is 0 Å². The Hall–Kier alpha value is -0.450. The van der Waals surface area contributed by atoms with Crippen molar-refractivity contribution in [2.75, 3.05) is 6.61 Å². The van der Waals surface area contributed by atoms with E-state index in [1.54, 1.807) is 0 Å². The van der Waals surface area contributed by atoms with E-state index in [9.17, 15) is 4.79 Å². The van der Waals surface area contributed by atoms with Gasteiger partial charge in [0.1, 0.15) is 18.3 Å². The van der Waals surface area contributed by atoms with E-state index in [-0.39, 0.29) is 18.3 Å². The van der Waals surface area contributed by atoms with Gasteiger partial charge in [-0.05, 0) is 13.8 Å². The minimum Gasteiger partial charge on any atom is -0.359 e. The Balaban J connectivity index is 1.89. The molecule has 2 rings (SSSR count). The largest absolute Gasteiger partial charge is 0.359 e. The van der Waals surface area contributed by atoms with Crippen LogP contribution in [0.4, 0.5) is 0 Å². The van der Waals surface area contributed by atoms with Crippen molar-refractivity contribution in [2.45, 2.75) is 37.9 Å². The fourth-order valence-electron chi connectivity index (χ4n) is 1.42. The first-order valence-corrected chi connectivity index (χ1v) is 4.05. The molecule has 0 amide bonds. The molecular formula is C8H12O4. The second-order valence-electron chi connectivity index (χ2n) is 3.57. The second kappa shape index (κ2) is 2.52. The number of ether oxygens (including phenoxy) is 3. The topological polar surface area (TPSA) is 48.1 Å². The molecular weight excluding hydrogens is 160 g/mol. The molecule has 4 heteroatoms. The fourth-order valence-corrected chi connectivity index (χ4v) is 1.42. The van der Waals surface area contributed by atoms with Gasteiger partial charge in [-0.25, -0.2) is 0 Å². The van der Waals surface area contributed by atoms with Gasteiger partial charge in [-0.2, -0.15) is 0 Å². The molecule has 2 aliphatic heterocycles. The van der Waals surface area contributed by atoms with Gasteiger partial charge in [0.05, 0.1) is 6.61 Å². The number of hydrogen-bond donors (Lipinski definition) is 0. The SMILES string of the molecule is CC1(C)OC[C@H]([C@H]2O[C@H]2C=O)O1. The Morgan fingerprint density at radius 1 is 1.50 bits per heavy atom. The second-order valence-corrected chi connectivity index (χ2v) is 3.57. The minimum atomic E-state index is -0.524. The maximum atomic E-state index is 10.3. The van der Waals surface area contributed by atoms with E-state index in [0.29, 0.717) is 6.61 Å². The molecule has 0 aromatic rings. The summed E-state index contributed by atoms with van der Waals surface area (Å²) in [5, 5.41) is 0. The molecule has 12 heavy (non-hydrogen) atoms. The maximum absolute atomic E-state index is 10.3. The number of epoxide rings is 1. The molecule has 2 aliphatic rings. The number of aldehydes is 1. The normalized spacial score (nSPS) is 44.3. The lowest BCUT2D eigenvalue weighted by molar-refractivity contribution is -0.140. The summed E-state index contributed by atoms with van der Waals surface area (Å²) in [5.41, 5.74) is 0. The van der Waals surface area contributed by atoms with E-state index >= 15 is 0 Å². The number of carbonyl (C=O) groups is 1. The third kappa shape index (κ3) is 1.37. The molecule has 0 spiro atoms. The minimum absolute atomic E-state index is 0.0739. The maximum Gasteiger partial charge on any atom is 0.163 e. The van der Waals surface area contributed by atoms with Crippen LogP contribution in [0, 0.1) is 0 Å². The molecule has 2 fully saturated rings. The Kier molecular flexibility index (Phi) is 1.71. The standard InChI is InChI=1S/C8H12O4/c1-8(2)10-4-6(12-8)7-5(3-9)11-7/h3,5-7H,4H2,1-2H3/t5-,6+,7-/m0/s1. The quantitative estimate of drug-likeness (QED) is 0.438. The van der Waals surface area contributed by atoms with Crippen LogP contribution in [-0.4, -0.2) is 37.0 Å². The van der Waals surface area contributed by atoms with Crippen LogP contribution >= 0.6 is 0 Å². The van der Waals surface area contributed by atoms with Crippen molar-refractivity contribution in [3.63, 3.8) is 0 Å². The lowest BCUT2D eigenvalue weighted by Gasteiger charge is -2.16. The number of rotatable bonds is 2. The van der Waals surface area contributed by atoms with Crippen LogP contribution < -0.4 is 0 Å². The Morgan fingerprint density at radius 2 is 2.25 bits per heavy atom. The van der Waals surface area contributed by atoms with E-state index in [0.717, 1.165) is 6.29 Å². The molecule has 4 nitrogen and oxygen atoms in total. The number of carbonyl (C=O) groups excluding carboxylic acids is 1. The molecule has 3 atom stereocenters.